The van der Waals surface area contributed by atoms with Crippen molar-refractivity contribution in [1.29, 1.82) is 0 Å². The van der Waals surface area contributed by atoms with Crippen LogP contribution < -0.4 is 5.32 Å². The molecule has 128 valence electrons. The summed E-state index contributed by atoms with van der Waals surface area (Å²) in [5, 5.41) is 7.01. The van der Waals surface area contributed by atoms with Crippen molar-refractivity contribution in [2.45, 2.75) is 32.6 Å². The number of piperidine rings is 1. The van der Waals surface area contributed by atoms with E-state index in [1.807, 2.05) is 12.1 Å². The van der Waals surface area contributed by atoms with E-state index < -0.39 is 0 Å². The van der Waals surface area contributed by atoms with Gasteiger partial charge in [-0.25, -0.2) is 0 Å². The fraction of sp³-hybridized carbons (Fsp3) is 0.500. The number of likely N-dealkylation sites (tertiary alicyclic amines) is 1. The lowest BCUT2D eigenvalue weighted by molar-refractivity contribution is 0.0950. The van der Waals surface area contributed by atoms with Gasteiger partial charge in [-0.3, -0.25) is 9.78 Å². The zero-order valence-electron chi connectivity index (χ0n) is 14.1. The summed E-state index contributed by atoms with van der Waals surface area (Å²) in [5.74, 6) is 0.397. The van der Waals surface area contributed by atoms with Crippen molar-refractivity contribution in [3.05, 3.63) is 35.9 Å². The van der Waals surface area contributed by atoms with E-state index in [0.717, 1.165) is 18.5 Å². The first-order valence-electron chi connectivity index (χ1n) is 8.63. The van der Waals surface area contributed by atoms with Gasteiger partial charge in [-0.15, -0.1) is 0 Å². The standard InChI is InChI=1S/C18H24N4O2/c1-14-16(17(21-24-14)15-7-5-8-19-13-15)18(23)20-9-6-12-22-10-3-2-4-11-22/h5,7-8,13H,2-4,6,9-12H2,1H3,(H,20,23). The van der Waals surface area contributed by atoms with Crippen molar-refractivity contribution in [3.63, 3.8) is 0 Å². The average Bonchev–Trinajstić information content (AvgIpc) is 3.02. The SMILES string of the molecule is Cc1onc(-c2cccnc2)c1C(=O)NCCCN1CCCCC1. The first-order chi connectivity index (χ1) is 11.8. The number of hydrogen-bond acceptors (Lipinski definition) is 5. The molecule has 1 aliphatic rings. The van der Waals surface area contributed by atoms with Crippen LogP contribution in [0, 0.1) is 6.92 Å². The van der Waals surface area contributed by atoms with Crippen LogP contribution in [0.5, 0.6) is 0 Å². The Morgan fingerprint density at radius 2 is 2.17 bits per heavy atom. The quantitative estimate of drug-likeness (QED) is 0.826. The lowest BCUT2D eigenvalue weighted by atomic mass is 10.1. The molecule has 1 aliphatic heterocycles. The van der Waals surface area contributed by atoms with E-state index in [0.29, 0.717) is 23.6 Å². The van der Waals surface area contributed by atoms with Crippen LogP contribution in [-0.2, 0) is 0 Å². The molecule has 6 heteroatoms. The highest BCUT2D eigenvalue weighted by Gasteiger charge is 2.21. The first kappa shape index (κ1) is 16.6. The van der Waals surface area contributed by atoms with Crippen molar-refractivity contribution in [2.75, 3.05) is 26.2 Å². The fourth-order valence-corrected chi connectivity index (χ4v) is 3.12. The second kappa shape index (κ2) is 8.06. The van der Waals surface area contributed by atoms with E-state index in [1.165, 1.54) is 32.4 Å². The molecule has 0 unspecified atom stereocenters. The topological polar surface area (TPSA) is 71.3 Å². The molecule has 2 aromatic heterocycles. The fourth-order valence-electron chi connectivity index (χ4n) is 3.12. The van der Waals surface area contributed by atoms with Crippen LogP contribution in [0.3, 0.4) is 0 Å². The zero-order chi connectivity index (χ0) is 16.8. The monoisotopic (exact) mass is 328 g/mol. The molecule has 0 aliphatic carbocycles. The molecular formula is C18H24N4O2. The number of aryl methyl sites for hydroxylation is 1. The van der Waals surface area contributed by atoms with Gasteiger partial charge in [0.05, 0.1) is 0 Å². The smallest absolute Gasteiger partial charge is 0.257 e. The van der Waals surface area contributed by atoms with Gasteiger partial charge in [0, 0.05) is 24.5 Å². The predicted molar refractivity (Wildman–Crippen MR) is 91.7 cm³/mol. The third-order valence-corrected chi connectivity index (χ3v) is 4.41. The Morgan fingerprint density at radius 1 is 1.33 bits per heavy atom. The van der Waals surface area contributed by atoms with Crippen molar-refractivity contribution in [3.8, 4) is 11.3 Å². The van der Waals surface area contributed by atoms with E-state index in [2.05, 4.69) is 20.4 Å². The summed E-state index contributed by atoms with van der Waals surface area (Å²) in [6, 6.07) is 3.69. The van der Waals surface area contributed by atoms with Gasteiger partial charge in [0.1, 0.15) is 17.0 Å². The molecule has 0 atom stereocenters. The number of rotatable bonds is 6. The van der Waals surface area contributed by atoms with Crippen LogP contribution in [0.15, 0.2) is 29.0 Å². The minimum Gasteiger partial charge on any atom is -0.360 e. The summed E-state index contributed by atoms with van der Waals surface area (Å²) in [6.07, 6.45) is 8.26. The third-order valence-electron chi connectivity index (χ3n) is 4.41. The molecule has 0 aromatic carbocycles. The maximum absolute atomic E-state index is 12.5. The molecule has 2 aromatic rings. The van der Waals surface area contributed by atoms with Crippen molar-refractivity contribution in [2.24, 2.45) is 0 Å². The second-order valence-corrected chi connectivity index (χ2v) is 6.22. The van der Waals surface area contributed by atoms with Gasteiger partial charge in [0.15, 0.2) is 0 Å². The lowest BCUT2D eigenvalue weighted by Gasteiger charge is -2.26. The van der Waals surface area contributed by atoms with Gasteiger partial charge in [-0.05, 0) is 58.0 Å². The van der Waals surface area contributed by atoms with Crippen LogP contribution >= 0.6 is 0 Å². The molecule has 1 amide bonds. The van der Waals surface area contributed by atoms with E-state index in [-0.39, 0.29) is 5.91 Å². The van der Waals surface area contributed by atoms with Gasteiger partial charge in [-0.2, -0.15) is 0 Å². The number of pyridine rings is 1. The largest absolute Gasteiger partial charge is 0.360 e. The molecule has 1 saturated heterocycles. The van der Waals surface area contributed by atoms with Crippen molar-refractivity contribution < 1.29 is 9.32 Å². The summed E-state index contributed by atoms with van der Waals surface area (Å²) in [6.45, 7) is 5.83. The van der Waals surface area contributed by atoms with Crippen LogP contribution in [-0.4, -0.2) is 47.1 Å². The molecule has 0 radical (unpaired) electrons. The summed E-state index contributed by atoms with van der Waals surface area (Å²) >= 11 is 0. The van der Waals surface area contributed by atoms with E-state index in [9.17, 15) is 4.79 Å². The van der Waals surface area contributed by atoms with Gasteiger partial charge in [0.2, 0.25) is 0 Å². The van der Waals surface area contributed by atoms with Crippen molar-refractivity contribution in [1.82, 2.24) is 20.4 Å². The average molecular weight is 328 g/mol. The van der Waals surface area contributed by atoms with Crippen LogP contribution in [0.2, 0.25) is 0 Å². The van der Waals surface area contributed by atoms with Crippen LogP contribution in [0.1, 0.15) is 41.8 Å². The molecule has 1 N–H and O–H groups in total. The van der Waals surface area contributed by atoms with Gasteiger partial charge in [-0.1, -0.05) is 11.6 Å². The third kappa shape index (κ3) is 4.00. The predicted octanol–water partition coefficient (Wildman–Crippen LogP) is 2.65. The molecule has 3 heterocycles. The van der Waals surface area contributed by atoms with Gasteiger partial charge >= 0.3 is 0 Å². The number of carbonyl (C=O) groups excluding carboxylic acids is 1. The molecular weight excluding hydrogens is 304 g/mol. The summed E-state index contributed by atoms with van der Waals surface area (Å²) in [4.78, 5) is 19.1. The maximum atomic E-state index is 12.5. The number of nitrogens with one attached hydrogen (secondary N) is 1. The number of aromatic nitrogens is 2. The summed E-state index contributed by atoms with van der Waals surface area (Å²) in [7, 11) is 0. The minimum absolute atomic E-state index is 0.133. The number of hydrogen-bond donors (Lipinski definition) is 1. The molecule has 1 fully saturated rings. The van der Waals surface area contributed by atoms with Crippen molar-refractivity contribution >= 4 is 5.91 Å². The highest BCUT2D eigenvalue weighted by molar-refractivity contribution is 6.00. The Labute approximate surface area is 142 Å². The van der Waals surface area contributed by atoms with Crippen LogP contribution in [0.4, 0.5) is 0 Å². The lowest BCUT2D eigenvalue weighted by Crippen LogP contribution is -2.33. The van der Waals surface area contributed by atoms with E-state index in [1.54, 1.807) is 19.3 Å². The van der Waals surface area contributed by atoms with Gasteiger partial charge < -0.3 is 14.7 Å². The Hall–Kier alpha value is -2.21. The summed E-state index contributed by atoms with van der Waals surface area (Å²) < 4.78 is 5.23. The highest BCUT2D eigenvalue weighted by Crippen LogP contribution is 2.24. The van der Waals surface area contributed by atoms with Crippen LogP contribution in [0.25, 0.3) is 11.3 Å². The Morgan fingerprint density at radius 3 is 2.92 bits per heavy atom. The molecule has 0 saturated carbocycles. The Bertz CT molecular complexity index is 663. The normalized spacial score (nSPS) is 15.4. The number of nitrogens with zero attached hydrogens (tertiary/aromatic N) is 3. The number of amides is 1. The molecule has 0 bridgehead atoms. The minimum atomic E-state index is -0.133. The molecule has 24 heavy (non-hydrogen) atoms. The van der Waals surface area contributed by atoms with Gasteiger partial charge in [0.25, 0.3) is 5.91 Å². The second-order valence-electron chi connectivity index (χ2n) is 6.22. The molecule has 0 spiro atoms. The van der Waals surface area contributed by atoms with E-state index in [4.69, 9.17) is 4.52 Å². The number of carbonyl (C=O) groups is 1. The van der Waals surface area contributed by atoms with E-state index >= 15 is 0 Å². The Balaban J connectivity index is 1.56. The highest BCUT2D eigenvalue weighted by atomic mass is 16.5. The Kier molecular flexibility index (Phi) is 5.59. The molecule has 3 rings (SSSR count). The first-order valence-corrected chi connectivity index (χ1v) is 8.63. The summed E-state index contributed by atoms with van der Waals surface area (Å²) in [5.41, 5.74) is 1.84. The molecule has 6 nitrogen and oxygen atoms in total. The zero-order valence-corrected chi connectivity index (χ0v) is 14.1. The maximum Gasteiger partial charge on any atom is 0.257 e.